The molecule has 3 nitrogen and oxygen atoms in total. The van der Waals surface area contributed by atoms with Crippen LogP contribution in [0.2, 0.25) is 0 Å². The van der Waals surface area contributed by atoms with Gasteiger partial charge in [-0.05, 0) is 44.4 Å². The second-order valence-corrected chi connectivity index (χ2v) is 7.38. The van der Waals surface area contributed by atoms with E-state index in [-0.39, 0.29) is 0 Å². The molecule has 0 unspecified atom stereocenters. The lowest BCUT2D eigenvalue weighted by molar-refractivity contribution is 0.340. The second kappa shape index (κ2) is 5.80. The van der Waals surface area contributed by atoms with Crippen LogP contribution in [-0.2, 0) is 6.54 Å². The van der Waals surface area contributed by atoms with Crippen LogP contribution >= 0.6 is 11.3 Å². The molecular weight excluding hydrogens is 254 g/mol. The minimum absolute atomic E-state index is 0.701. The summed E-state index contributed by atoms with van der Waals surface area (Å²) >= 11 is 1.86. The van der Waals surface area contributed by atoms with Gasteiger partial charge < -0.3 is 10.2 Å². The number of rotatable bonds is 5. The van der Waals surface area contributed by atoms with Crippen LogP contribution in [0.15, 0.2) is 6.20 Å². The predicted octanol–water partition coefficient (Wildman–Crippen LogP) is 3.41. The van der Waals surface area contributed by atoms with E-state index in [4.69, 9.17) is 0 Å². The minimum atomic E-state index is 0.701. The lowest BCUT2D eigenvalue weighted by atomic mass is 9.87. The molecular formula is C15H25N3S. The first-order valence-electron chi connectivity index (χ1n) is 7.63. The Morgan fingerprint density at radius 2 is 2.00 bits per heavy atom. The molecule has 0 saturated heterocycles. The molecule has 0 aromatic carbocycles. The number of aromatic nitrogens is 1. The van der Waals surface area contributed by atoms with E-state index in [0.29, 0.717) is 6.04 Å². The molecule has 0 aliphatic heterocycles. The molecule has 0 atom stereocenters. The molecule has 1 N–H and O–H groups in total. The van der Waals surface area contributed by atoms with E-state index in [2.05, 4.69) is 35.4 Å². The fourth-order valence-electron chi connectivity index (χ4n) is 2.86. The number of nitrogens with one attached hydrogen (secondary N) is 1. The average Bonchev–Trinajstić information content (AvgIpc) is 3.13. The van der Waals surface area contributed by atoms with Crippen molar-refractivity contribution in [2.45, 2.75) is 64.1 Å². The van der Waals surface area contributed by atoms with Crippen LogP contribution in [0, 0.1) is 5.92 Å². The molecule has 1 aromatic heterocycles. The molecule has 106 valence electrons. The zero-order valence-corrected chi connectivity index (χ0v) is 12.9. The third kappa shape index (κ3) is 3.48. The lowest BCUT2D eigenvalue weighted by Gasteiger charge is -2.33. The van der Waals surface area contributed by atoms with E-state index in [0.717, 1.165) is 18.5 Å². The number of nitrogens with zero attached hydrogens (tertiary/aromatic N) is 2. The highest BCUT2D eigenvalue weighted by Crippen LogP contribution is 2.31. The maximum Gasteiger partial charge on any atom is 0.185 e. The summed E-state index contributed by atoms with van der Waals surface area (Å²) in [5, 5.41) is 4.76. The Hall–Kier alpha value is -0.610. The van der Waals surface area contributed by atoms with Crippen molar-refractivity contribution in [1.29, 1.82) is 0 Å². The average molecular weight is 279 g/mol. The third-order valence-corrected chi connectivity index (χ3v) is 5.61. The lowest BCUT2D eigenvalue weighted by Crippen LogP contribution is -2.34. The van der Waals surface area contributed by atoms with Gasteiger partial charge in [0.2, 0.25) is 0 Å². The SMILES string of the molecule is CC1CCC(N(C)c2ncc(CNC3CC3)s2)CC1. The minimum Gasteiger partial charge on any atom is -0.348 e. The Morgan fingerprint density at radius 1 is 1.26 bits per heavy atom. The Morgan fingerprint density at radius 3 is 2.68 bits per heavy atom. The molecule has 19 heavy (non-hydrogen) atoms. The van der Waals surface area contributed by atoms with Crippen molar-refractivity contribution in [2.24, 2.45) is 5.92 Å². The quantitative estimate of drug-likeness (QED) is 0.895. The molecule has 2 aliphatic rings. The van der Waals surface area contributed by atoms with Gasteiger partial charge in [0.1, 0.15) is 0 Å². The Balaban J connectivity index is 1.54. The van der Waals surface area contributed by atoms with E-state index in [1.165, 1.54) is 48.5 Å². The summed E-state index contributed by atoms with van der Waals surface area (Å²) in [6.07, 6.45) is 10.2. The van der Waals surface area contributed by atoms with E-state index in [1.54, 1.807) is 0 Å². The van der Waals surface area contributed by atoms with Gasteiger partial charge in [0.25, 0.3) is 0 Å². The summed E-state index contributed by atoms with van der Waals surface area (Å²) in [4.78, 5) is 8.40. The molecule has 0 amide bonds. The zero-order chi connectivity index (χ0) is 13.2. The van der Waals surface area contributed by atoms with Crippen LogP contribution in [0.4, 0.5) is 5.13 Å². The van der Waals surface area contributed by atoms with Crippen LogP contribution in [0.1, 0.15) is 50.3 Å². The summed E-state index contributed by atoms with van der Waals surface area (Å²) < 4.78 is 0. The first-order valence-corrected chi connectivity index (χ1v) is 8.45. The van der Waals surface area contributed by atoms with Crippen LogP contribution in [0.25, 0.3) is 0 Å². The smallest absolute Gasteiger partial charge is 0.185 e. The summed E-state index contributed by atoms with van der Waals surface area (Å²) in [6.45, 7) is 3.37. The Bertz CT molecular complexity index is 405. The molecule has 4 heteroatoms. The van der Waals surface area contributed by atoms with Gasteiger partial charge in [-0.15, -0.1) is 11.3 Å². The van der Waals surface area contributed by atoms with Crippen LogP contribution in [-0.4, -0.2) is 24.1 Å². The van der Waals surface area contributed by atoms with Crippen molar-refractivity contribution in [3.63, 3.8) is 0 Å². The Labute approximate surface area is 120 Å². The van der Waals surface area contributed by atoms with E-state index in [9.17, 15) is 0 Å². The fraction of sp³-hybridized carbons (Fsp3) is 0.800. The molecule has 2 fully saturated rings. The van der Waals surface area contributed by atoms with E-state index >= 15 is 0 Å². The zero-order valence-electron chi connectivity index (χ0n) is 12.1. The summed E-state index contributed by atoms with van der Waals surface area (Å²) in [7, 11) is 2.22. The fourth-order valence-corrected chi connectivity index (χ4v) is 3.75. The first kappa shape index (κ1) is 13.4. The summed E-state index contributed by atoms with van der Waals surface area (Å²) in [6, 6.07) is 1.48. The van der Waals surface area contributed by atoms with Gasteiger partial charge in [-0.2, -0.15) is 0 Å². The van der Waals surface area contributed by atoms with Crippen molar-refractivity contribution in [2.75, 3.05) is 11.9 Å². The molecule has 2 saturated carbocycles. The molecule has 0 bridgehead atoms. The topological polar surface area (TPSA) is 28.2 Å². The van der Waals surface area contributed by atoms with Gasteiger partial charge in [0.15, 0.2) is 5.13 Å². The van der Waals surface area contributed by atoms with E-state index in [1.807, 2.05) is 11.3 Å². The molecule has 1 aromatic rings. The van der Waals surface area contributed by atoms with Gasteiger partial charge in [0.05, 0.1) is 0 Å². The first-order chi connectivity index (χ1) is 9.22. The summed E-state index contributed by atoms with van der Waals surface area (Å²) in [5.41, 5.74) is 0. The number of anilines is 1. The van der Waals surface area contributed by atoms with E-state index < -0.39 is 0 Å². The number of hydrogen-bond donors (Lipinski definition) is 1. The molecule has 3 rings (SSSR count). The van der Waals surface area contributed by atoms with Crippen molar-refractivity contribution >= 4 is 16.5 Å². The largest absolute Gasteiger partial charge is 0.348 e. The van der Waals surface area contributed by atoms with Crippen LogP contribution < -0.4 is 10.2 Å². The van der Waals surface area contributed by atoms with Crippen LogP contribution in [0.5, 0.6) is 0 Å². The van der Waals surface area contributed by atoms with Gasteiger partial charge in [-0.1, -0.05) is 6.92 Å². The highest BCUT2D eigenvalue weighted by Gasteiger charge is 2.24. The van der Waals surface area contributed by atoms with Crippen molar-refractivity contribution in [1.82, 2.24) is 10.3 Å². The second-order valence-electron chi connectivity index (χ2n) is 6.29. The van der Waals surface area contributed by atoms with Gasteiger partial charge in [-0.25, -0.2) is 4.98 Å². The molecule has 0 spiro atoms. The van der Waals surface area contributed by atoms with Gasteiger partial charge in [0, 0.05) is 36.8 Å². The van der Waals surface area contributed by atoms with Gasteiger partial charge in [-0.3, -0.25) is 0 Å². The predicted molar refractivity (Wildman–Crippen MR) is 81.8 cm³/mol. The maximum absolute atomic E-state index is 4.61. The normalized spacial score (nSPS) is 27.5. The highest BCUT2D eigenvalue weighted by atomic mass is 32.1. The van der Waals surface area contributed by atoms with Crippen molar-refractivity contribution in [3.05, 3.63) is 11.1 Å². The number of thiazole rings is 1. The molecule has 1 heterocycles. The molecule has 2 aliphatic carbocycles. The van der Waals surface area contributed by atoms with Crippen molar-refractivity contribution in [3.8, 4) is 0 Å². The summed E-state index contributed by atoms with van der Waals surface area (Å²) in [5.74, 6) is 0.916. The monoisotopic (exact) mass is 279 g/mol. The van der Waals surface area contributed by atoms with Crippen molar-refractivity contribution < 1.29 is 0 Å². The highest BCUT2D eigenvalue weighted by molar-refractivity contribution is 7.15. The molecule has 0 radical (unpaired) electrons. The van der Waals surface area contributed by atoms with Crippen LogP contribution in [0.3, 0.4) is 0 Å². The standard InChI is InChI=1S/C15H25N3S/c1-11-3-7-13(8-4-11)18(2)15-17-10-14(19-15)9-16-12-5-6-12/h10-13,16H,3-9H2,1-2H3. The maximum atomic E-state index is 4.61. The third-order valence-electron chi connectivity index (χ3n) is 4.52. The number of hydrogen-bond acceptors (Lipinski definition) is 4. The van der Waals surface area contributed by atoms with Gasteiger partial charge >= 0.3 is 0 Å². The Kier molecular flexibility index (Phi) is 4.08.